The molecule has 0 radical (unpaired) electrons. The van der Waals surface area contributed by atoms with E-state index in [-0.39, 0.29) is 17.8 Å². The maximum atomic E-state index is 10.8. The summed E-state index contributed by atoms with van der Waals surface area (Å²) in [7, 11) is 0. The molecule has 2 fully saturated rings. The van der Waals surface area contributed by atoms with Crippen molar-refractivity contribution in [1.82, 2.24) is 5.32 Å². The number of nitrogens with one attached hydrogen (secondary N) is 1. The van der Waals surface area contributed by atoms with Crippen LogP contribution in [-0.2, 0) is 4.74 Å². The Labute approximate surface area is 70.9 Å². The summed E-state index contributed by atoms with van der Waals surface area (Å²) < 4.78 is 5.18. The molecule has 2 aliphatic rings. The zero-order valence-electron chi connectivity index (χ0n) is 6.88. The van der Waals surface area contributed by atoms with Crippen molar-refractivity contribution < 1.29 is 14.6 Å². The lowest BCUT2D eigenvalue weighted by Gasteiger charge is -2.32. The van der Waals surface area contributed by atoms with Crippen LogP contribution in [0, 0.1) is 0 Å². The van der Waals surface area contributed by atoms with E-state index in [1.54, 1.807) is 0 Å². The van der Waals surface area contributed by atoms with Gasteiger partial charge in [-0.1, -0.05) is 0 Å². The maximum Gasteiger partial charge on any atom is 0.407 e. The first-order valence-corrected chi connectivity index (χ1v) is 4.35. The Kier molecular flexibility index (Phi) is 1.72. The van der Waals surface area contributed by atoms with Gasteiger partial charge in [-0.15, -0.1) is 0 Å². The zero-order chi connectivity index (χ0) is 8.60. The van der Waals surface area contributed by atoms with Gasteiger partial charge in [0.1, 0.15) is 5.60 Å². The van der Waals surface area contributed by atoms with Crippen molar-refractivity contribution in [2.75, 3.05) is 6.54 Å². The first kappa shape index (κ1) is 7.86. The van der Waals surface area contributed by atoms with E-state index in [0.717, 1.165) is 25.7 Å². The van der Waals surface area contributed by atoms with E-state index in [9.17, 15) is 9.90 Å². The summed E-state index contributed by atoms with van der Waals surface area (Å²) in [6.45, 7) is 0.610. The van der Waals surface area contributed by atoms with Crippen molar-refractivity contribution in [2.24, 2.45) is 0 Å². The lowest BCUT2D eigenvalue weighted by atomic mass is 9.83. The summed E-state index contributed by atoms with van der Waals surface area (Å²) in [4.78, 5) is 10.8. The summed E-state index contributed by atoms with van der Waals surface area (Å²) in [5, 5.41) is 11.9. The molecule has 1 spiro atoms. The van der Waals surface area contributed by atoms with Gasteiger partial charge < -0.3 is 15.2 Å². The fourth-order valence-corrected chi connectivity index (χ4v) is 1.91. The van der Waals surface area contributed by atoms with Crippen molar-refractivity contribution in [3.63, 3.8) is 0 Å². The molecule has 68 valence electrons. The van der Waals surface area contributed by atoms with Crippen molar-refractivity contribution in [3.8, 4) is 0 Å². The number of hydrogen-bond donors (Lipinski definition) is 2. The quantitative estimate of drug-likeness (QED) is 0.554. The lowest BCUT2D eigenvalue weighted by molar-refractivity contribution is -0.0111. The number of amides is 1. The Morgan fingerprint density at radius 2 is 2.17 bits per heavy atom. The van der Waals surface area contributed by atoms with Crippen LogP contribution in [0.2, 0.25) is 0 Å². The molecule has 0 aromatic carbocycles. The van der Waals surface area contributed by atoms with E-state index in [1.165, 1.54) is 0 Å². The zero-order valence-corrected chi connectivity index (χ0v) is 6.88. The summed E-state index contributed by atoms with van der Waals surface area (Å²) in [6.07, 6.45) is 2.55. The third-order valence-electron chi connectivity index (χ3n) is 2.73. The Bertz CT molecular complexity index is 196. The molecule has 1 aliphatic heterocycles. The molecule has 2 N–H and O–H groups in total. The van der Waals surface area contributed by atoms with Gasteiger partial charge in [0.15, 0.2) is 0 Å². The predicted molar refractivity (Wildman–Crippen MR) is 41.7 cm³/mol. The Morgan fingerprint density at radius 3 is 2.67 bits per heavy atom. The van der Waals surface area contributed by atoms with E-state index >= 15 is 0 Å². The van der Waals surface area contributed by atoms with Crippen molar-refractivity contribution in [3.05, 3.63) is 0 Å². The average Bonchev–Trinajstić information content (AvgIpc) is 2.40. The molecule has 1 aliphatic carbocycles. The topological polar surface area (TPSA) is 58.6 Å². The van der Waals surface area contributed by atoms with Gasteiger partial charge >= 0.3 is 6.09 Å². The van der Waals surface area contributed by atoms with Crippen LogP contribution in [0.1, 0.15) is 25.7 Å². The van der Waals surface area contributed by atoms with Crippen LogP contribution in [0.4, 0.5) is 4.79 Å². The number of aliphatic hydroxyl groups excluding tert-OH is 1. The number of rotatable bonds is 0. The fraction of sp³-hybridized carbons (Fsp3) is 0.875. The minimum Gasteiger partial charge on any atom is -0.441 e. The molecule has 1 saturated heterocycles. The molecule has 2 rings (SSSR count). The maximum absolute atomic E-state index is 10.8. The fourth-order valence-electron chi connectivity index (χ4n) is 1.91. The largest absolute Gasteiger partial charge is 0.441 e. The lowest BCUT2D eigenvalue weighted by Crippen LogP contribution is -2.39. The molecule has 1 heterocycles. The van der Waals surface area contributed by atoms with Crippen LogP contribution in [-0.4, -0.2) is 29.4 Å². The van der Waals surface area contributed by atoms with Crippen LogP contribution in [0.5, 0.6) is 0 Å². The van der Waals surface area contributed by atoms with E-state index in [0.29, 0.717) is 6.54 Å². The molecule has 0 aromatic rings. The average molecular weight is 171 g/mol. The predicted octanol–water partition coefficient (Wildman–Crippen LogP) is 0.400. The monoisotopic (exact) mass is 171 g/mol. The van der Waals surface area contributed by atoms with Gasteiger partial charge in [-0.2, -0.15) is 0 Å². The van der Waals surface area contributed by atoms with E-state index in [2.05, 4.69) is 5.32 Å². The minimum absolute atomic E-state index is 0.199. The SMILES string of the molecule is O=C1NCC2(CCC(O)CC2)O1. The molecule has 0 aromatic heterocycles. The van der Waals surface area contributed by atoms with Crippen LogP contribution in [0.3, 0.4) is 0 Å². The number of alkyl carbamates (subject to hydrolysis) is 1. The van der Waals surface area contributed by atoms with Gasteiger partial charge in [0.05, 0.1) is 12.6 Å². The Balaban J connectivity index is 1.99. The van der Waals surface area contributed by atoms with Crippen molar-refractivity contribution in [2.45, 2.75) is 37.4 Å². The highest BCUT2D eigenvalue weighted by Crippen LogP contribution is 2.33. The second-order valence-corrected chi connectivity index (χ2v) is 3.66. The molecule has 0 bridgehead atoms. The smallest absolute Gasteiger partial charge is 0.407 e. The normalized spacial score (nSPS) is 41.1. The van der Waals surface area contributed by atoms with Gasteiger partial charge in [-0.25, -0.2) is 4.79 Å². The Hall–Kier alpha value is -0.770. The van der Waals surface area contributed by atoms with Gasteiger partial charge in [0.25, 0.3) is 0 Å². The second-order valence-electron chi connectivity index (χ2n) is 3.66. The molecule has 4 nitrogen and oxygen atoms in total. The third-order valence-corrected chi connectivity index (χ3v) is 2.73. The number of carbonyl (C=O) groups excluding carboxylic acids is 1. The summed E-state index contributed by atoms with van der Waals surface area (Å²) in [6, 6.07) is 0. The van der Waals surface area contributed by atoms with Crippen LogP contribution in [0.25, 0.3) is 0 Å². The van der Waals surface area contributed by atoms with Crippen molar-refractivity contribution in [1.29, 1.82) is 0 Å². The van der Waals surface area contributed by atoms with Gasteiger partial charge in [0.2, 0.25) is 0 Å². The minimum atomic E-state index is -0.314. The van der Waals surface area contributed by atoms with E-state index < -0.39 is 0 Å². The van der Waals surface area contributed by atoms with E-state index in [4.69, 9.17) is 4.74 Å². The highest BCUT2D eigenvalue weighted by molar-refractivity contribution is 5.70. The standard InChI is InChI=1S/C8H13NO3/c10-6-1-3-8(4-2-6)5-9-7(11)12-8/h6,10H,1-5H2,(H,9,11). The number of ether oxygens (including phenoxy) is 1. The third kappa shape index (κ3) is 1.27. The molecule has 1 saturated carbocycles. The molecule has 0 unspecified atom stereocenters. The first-order valence-electron chi connectivity index (χ1n) is 4.35. The van der Waals surface area contributed by atoms with Gasteiger partial charge in [-0.05, 0) is 25.7 Å². The number of carbonyl (C=O) groups is 1. The van der Waals surface area contributed by atoms with Crippen molar-refractivity contribution >= 4 is 6.09 Å². The first-order chi connectivity index (χ1) is 5.70. The molecular formula is C8H13NO3. The van der Waals surface area contributed by atoms with Gasteiger partial charge in [-0.3, -0.25) is 0 Å². The summed E-state index contributed by atoms with van der Waals surface area (Å²) >= 11 is 0. The van der Waals surface area contributed by atoms with Crippen LogP contribution in [0.15, 0.2) is 0 Å². The second kappa shape index (κ2) is 2.62. The molecule has 12 heavy (non-hydrogen) atoms. The molecule has 1 amide bonds. The van der Waals surface area contributed by atoms with Gasteiger partial charge in [0, 0.05) is 0 Å². The molecular weight excluding hydrogens is 158 g/mol. The van der Waals surface area contributed by atoms with E-state index in [1.807, 2.05) is 0 Å². The highest BCUT2D eigenvalue weighted by atomic mass is 16.6. The molecule has 0 atom stereocenters. The number of aliphatic hydroxyl groups is 1. The Morgan fingerprint density at radius 1 is 1.50 bits per heavy atom. The highest BCUT2D eigenvalue weighted by Gasteiger charge is 2.42. The van der Waals surface area contributed by atoms with Crippen LogP contribution < -0.4 is 5.32 Å². The number of hydrogen-bond acceptors (Lipinski definition) is 3. The molecule has 4 heteroatoms. The summed E-state index contributed by atoms with van der Waals surface area (Å²) in [5.41, 5.74) is -0.295. The van der Waals surface area contributed by atoms with Crippen LogP contribution >= 0.6 is 0 Å². The summed E-state index contributed by atoms with van der Waals surface area (Å²) in [5.74, 6) is 0.